The third-order valence-corrected chi connectivity index (χ3v) is 3.41. The Kier molecular flexibility index (Phi) is 4.37. The molecule has 1 saturated carbocycles. The number of hydrogen-bond acceptors (Lipinski definition) is 3. The van der Waals surface area contributed by atoms with Crippen molar-refractivity contribution in [2.24, 2.45) is 23.3 Å². The minimum atomic E-state index is -0.735. The fourth-order valence-corrected chi connectivity index (χ4v) is 2.66. The van der Waals surface area contributed by atoms with Crippen molar-refractivity contribution in [3.05, 3.63) is 0 Å². The Balaban J connectivity index is 2.39. The van der Waals surface area contributed by atoms with Crippen molar-refractivity contribution in [1.82, 2.24) is 0 Å². The minimum Gasteiger partial charge on any atom is -0.444 e. The third-order valence-electron chi connectivity index (χ3n) is 3.41. The number of rotatable bonds is 4. The summed E-state index contributed by atoms with van der Waals surface area (Å²) < 4.78 is 5.06. The lowest BCUT2D eigenvalue weighted by molar-refractivity contribution is -0.123. The van der Waals surface area contributed by atoms with Crippen LogP contribution >= 0.6 is 0 Å². The third kappa shape index (κ3) is 4.63. The van der Waals surface area contributed by atoms with Gasteiger partial charge in [0.15, 0.2) is 0 Å². The lowest BCUT2D eigenvalue weighted by Crippen LogP contribution is -2.35. The highest BCUT2D eigenvalue weighted by Crippen LogP contribution is 2.34. The monoisotopic (exact) mass is 242 g/mol. The van der Waals surface area contributed by atoms with Crippen molar-refractivity contribution in [2.45, 2.75) is 51.6 Å². The van der Waals surface area contributed by atoms with Gasteiger partial charge in [-0.15, -0.1) is 0 Å². The summed E-state index contributed by atoms with van der Waals surface area (Å²) in [5.41, 5.74) is 9.77. The molecule has 4 N–H and O–H groups in total. The van der Waals surface area contributed by atoms with Gasteiger partial charge in [0.1, 0.15) is 5.60 Å². The summed E-state index contributed by atoms with van der Waals surface area (Å²) in [7, 11) is 0. The SMILES string of the molecule is CC(C)(CC1CCC(C(N)=O)CC1)OC(N)=O. The average molecular weight is 242 g/mol. The van der Waals surface area contributed by atoms with Gasteiger partial charge in [-0.1, -0.05) is 0 Å². The standard InChI is InChI=1S/C12H22N2O3/c1-12(2,17-11(14)16)7-8-3-5-9(6-4-8)10(13)15/h8-9H,3-7H2,1-2H3,(H2,13,15)(H2,14,16). The molecule has 1 aliphatic rings. The maximum atomic E-state index is 11.0. The molecule has 0 atom stereocenters. The van der Waals surface area contributed by atoms with Crippen molar-refractivity contribution in [2.75, 3.05) is 0 Å². The summed E-state index contributed by atoms with van der Waals surface area (Å²) in [5.74, 6) is 0.294. The zero-order valence-corrected chi connectivity index (χ0v) is 10.6. The van der Waals surface area contributed by atoms with Crippen molar-refractivity contribution >= 4 is 12.0 Å². The van der Waals surface area contributed by atoms with Crippen LogP contribution in [-0.2, 0) is 9.53 Å². The number of primary amides is 2. The van der Waals surface area contributed by atoms with E-state index in [9.17, 15) is 9.59 Å². The van der Waals surface area contributed by atoms with Crippen LogP contribution in [0.1, 0.15) is 46.0 Å². The summed E-state index contributed by atoms with van der Waals surface area (Å²) >= 11 is 0. The van der Waals surface area contributed by atoms with Crippen molar-refractivity contribution in [1.29, 1.82) is 0 Å². The minimum absolute atomic E-state index is 0.0198. The van der Waals surface area contributed by atoms with E-state index in [1.165, 1.54) is 0 Å². The highest BCUT2D eigenvalue weighted by atomic mass is 16.6. The van der Waals surface area contributed by atoms with Gasteiger partial charge in [0, 0.05) is 5.92 Å². The molecule has 1 fully saturated rings. The fraction of sp³-hybridized carbons (Fsp3) is 0.833. The van der Waals surface area contributed by atoms with Crippen LogP contribution in [-0.4, -0.2) is 17.6 Å². The van der Waals surface area contributed by atoms with E-state index >= 15 is 0 Å². The second-order valence-electron chi connectivity index (χ2n) is 5.50. The van der Waals surface area contributed by atoms with Gasteiger partial charge in [0.2, 0.25) is 5.91 Å². The predicted octanol–water partition coefficient (Wildman–Crippen LogP) is 1.54. The molecule has 0 aliphatic heterocycles. The molecule has 0 spiro atoms. The number of nitrogens with two attached hydrogens (primary N) is 2. The summed E-state index contributed by atoms with van der Waals surface area (Å²) in [4.78, 5) is 21.8. The molecule has 17 heavy (non-hydrogen) atoms. The summed E-state index contributed by atoms with van der Waals surface area (Å²) in [5, 5.41) is 0. The molecule has 0 unspecified atom stereocenters. The highest BCUT2D eigenvalue weighted by molar-refractivity contribution is 5.76. The number of ether oxygens (including phenoxy) is 1. The Morgan fingerprint density at radius 2 is 1.71 bits per heavy atom. The van der Waals surface area contributed by atoms with Gasteiger partial charge in [0.05, 0.1) is 0 Å². The number of amides is 2. The maximum absolute atomic E-state index is 11.0. The Bertz CT molecular complexity index is 294. The molecule has 0 aromatic carbocycles. The summed E-state index contributed by atoms with van der Waals surface area (Å²) in [6.45, 7) is 3.72. The van der Waals surface area contributed by atoms with Crippen molar-refractivity contribution in [3.8, 4) is 0 Å². The maximum Gasteiger partial charge on any atom is 0.405 e. The molecule has 0 aromatic heterocycles. The Morgan fingerprint density at radius 3 is 2.12 bits per heavy atom. The van der Waals surface area contributed by atoms with Gasteiger partial charge in [-0.25, -0.2) is 4.79 Å². The molecular formula is C12H22N2O3. The number of hydrogen-bond donors (Lipinski definition) is 2. The van der Waals surface area contributed by atoms with Crippen LogP contribution in [0.2, 0.25) is 0 Å². The van der Waals surface area contributed by atoms with Crippen molar-refractivity contribution < 1.29 is 14.3 Å². The van der Waals surface area contributed by atoms with Crippen LogP contribution in [0.15, 0.2) is 0 Å². The van der Waals surface area contributed by atoms with Gasteiger partial charge in [-0.3, -0.25) is 4.79 Å². The van der Waals surface area contributed by atoms with Crippen LogP contribution in [0.4, 0.5) is 4.79 Å². The van der Waals surface area contributed by atoms with Crippen LogP contribution in [0.5, 0.6) is 0 Å². The van der Waals surface area contributed by atoms with Gasteiger partial charge < -0.3 is 16.2 Å². The van der Waals surface area contributed by atoms with Crippen LogP contribution in [0.3, 0.4) is 0 Å². The van der Waals surface area contributed by atoms with E-state index in [1.807, 2.05) is 13.8 Å². The van der Waals surface area contributed by atoms with Crippen LogP contribution in [0.25, 0.3) is 0 Å². The first-order valence-electron chi connectivity index (χ1n) is 6.08. The zero-order valence-electron chi connectivity index (χ0n) is 10.6. The van der Waals surface area contributed by atoms with Crippen LogP contribution < -0.4 is 11.5 Å². The van der Waals surface area contributed by atoms with Crippen LogP contribution in [0, 0.1) is 11.8 Å². The summed E-state index contributed by atoms with van der Waals surface area (Å²) in [6, 6.07) is 0. The second-order valence-corrected chi connectivity index (χ2v) is 5.50. The molecule has 1 aliphatic carbocycles. The van der Waals surface area contributed by atoms with Gasteiger partial charge >= 0.3 is 6.09 Å². The van der Waals surface area contributed by atoms with Gasteiger partial charge in [-0.2, -0.15) is 0 Å². The molecule has 98 valence electrons. The average Bonchev–Trinajstić information content (AvgIpc) is 2.15. The zero-order chi connectivity index (χ0) is 13.1. The lowest BCUT2D eigenvalue weighted by atomic mass is 9.77. The summed E-state index contributed by atoms with van der Waals surface area (Å²) in [6.07, 6.45) is 3.64. The molecule has 0 saturated heterocycles. The smallest absolute Gasteiger partial charge is 0.405 e. The van der Waals surface area contributed by atoms with E-state index < -0.39 is 11.7 Å². The quantitative estimate of drug-likeness (QED) is 0.782. The van der Waals surface area contributed by atoms with Crippen molar-refractivity contribution in [3.63, 3.8) is 0 Å². The van der Waals surface area contributed by atoms with Gasteiger partial charge in [0.25, 0.3) is 0 Å². The molecule has 5 nitrogen and oxygen atoms in total. The Hall–Kier alpha value is -1.26. The Morgan fingerprint density at radius 1 is 1.18 bits per heavy atom. The van der Waals surface area contributed by atoms with E-state index in [-0.39, 0.29) is 11.8 Å². The molecule has 0 radical (unpaired) electrons. The normalized spacial score (nSPS) is 25.3. The van der Waals surface area contributed by atoms with E-state index in [0.717, 1.165) is 32.1 Å². The van der Waals surface area contributed by atoms with E-state index in [1.54, 1.807) is 0 Å². The number of carbonyl (C=O) groups excluding carboxylic acids is 2. The second kappa shape index (κ2) is 5.38. The van der Waals surface area contributed by atoms with E-state index in [4.69, 9.17) is 16.2 Å². The molecule has 0 heterocycles. The number of carbonyl (C=O) groups is 2. The molecule has 1 rings (SSSR count). The van der Waals surface area contributed by atoms with E-state index in [0.29, 0.717) is 5.92 Å². The first-order chi connectivity index (χ1) is 7.80. The molecule has 0 bridgehead atoms. The first kappa shape index (κ1) is 13.8. The topological polar surface area (TPSA) is 95.4 Å². The highest BCUT2D eigenvalue weighted by Gasteiger charge is 2.31. The molecule has 5 heteroatoms. The molecule has 2 amide bonds. The Labute approximate surface area is 102 Å². The molecule has 0 aromatic rings. The lowest BCUT2D eigenvalue weighted by Gasteiger charge is -2.32. The molecular weight excluding hydrogens is 220 g/mol. The van der Waals surface area contributed by atoms with Gasteiger partial charge in [-0.05, 0) is 51.9 Å². The first-order valence-corrected chi connectivity index (χ1v) is 6.08. The largest absolute Gasteiger partial charge is 0.444 e. The predicted molar refractivity (Wildman–Crippen MR) is 64.0 cm³/mol. The fourth-order valence-electron chi connectivity index (χ4n) is 2.66. The van der Waals surface area contributed by atoms with E-state index in [2.05, 4.69) is 0 Å².